The van der Waals surface area contributed by atoms with Gasteiger partial charge in [0.05, 0.1) is 11.7 Å². The molecule has 1 heterocycles. The van der Waals surface area contributed by atoms with Gasteiger partial charge >= 0.3 is 0 Å². The van der Waals surface area contributed by atoms with Crippen molar-refractivity contribution in [1.82, 2.24) is 0 Å². The first-order valence-corrected chi connectivity index (χ1v) is 9.09. The first-order valence-electron chi connectivity index (χ1n) is 9.09. The zero-order valence-corrected chi connectivity index (χ0v) is 15.2. The van der Waals surface area contributed by atoms with Crippen molar-refractivity contribution < 1.29 is 14.2 Å². The van der Waals surface area contributed by atoms with Gasteiger partial charge in [-0.15, -0.1) is 0 Å². The van der Waals surface area contributed by atoms with E-state index in [0.717, 1.165) is 11.1 Å². The number of anilines is 1. The summed E-state index contributed by atoms with van der Waals surface area (Å²) in [7, 11) is 1.66. The maximum atomic E-state index is 14.7. The SMILES string of the molecule is COC1Cc2ccccc2C(Cc2ccccc2O)N1c1ccccc1F. The smallest absolute Gasteiger partial charge is 0.146 e. The highest BCUT2D eigenvalue weighted by Crippen LogP contribution is 2.41. The third kappa shape index (κ3) is 3.28. The molecule has 4 rings (SSSR count). The molecule has 3 aromatic carbocycles. The number of hydrogen-bond donors (Lipinski definition) is 1. The Bertz CT molecular complexity index is 943. The van der Waals surface area contributed by atoms with Gasteiger partial charge in [-0.1, -0.05) is 54.6 Å². The Morgan fingerprint density at radius 3 is 2.48 bits per heavy atom. The van der Waals surface area contributed by atoms with Crippen LogP contribution < -0.4 is 4.90 Å². The number of fused-ring (bicyclic) bond motifs is 1. The number of para-hydroxylation sites is 2. The molecule has 0 fully saturated rings. The molecule has 1 aliphatic rings. The van der Waals surface area contributed by atoms with Crippen molar-refractivity contribution in [2.45, 2.75) is 25.1 Å². The summed E-state index contributed by atoms with van der Waals surface area (Å²) >= 11 is 0. The van der Waals surface area contributed by atoms with Crippen LogP contribution in [0.2, 0.25) is 0 Å². The summed E-state index contributed by atoms with van der Waals surface area (Å²) in [5, 5.41) is 10.3. The van der Waals surface area contributed by atoms with Gasteiger partial charge in [-0.05, 0) is 34.9 Å². The van der Waals surface area contributed by atoms with Gasteiger partial charge in [0.25, 0.3) is 0 Å². The highest BCUT2D eigenvalue weighted by molar-refractivity contribution is 5.55. The molecule has 27 heavy (non-hydrogen) atoms. The molecule has 0 spiro atoms. The monoisotopic (exact) mass is 363 g/mol. The van der Waals surface area contributed by atoms with Gasteiger partial charge in [-0.2, -0.15) is 0 Å². The minimum Gasteiger partial charge on any atom is -0.508 e. The molecular formula is C23H22FNO2. The first-order chi connectivity index (χ1) is 13.2. The molecule has 2 atom stereocenters. The molecule has 3 aromatic rings. The number of halogens is 1. The van der Waals surface area contributed by atoms with Crippen molar-refractivity contribution in [3.05, 3.63) is 95.3 Å². The second kappa shape index (κ2) is 7.41. The zero-order chi connectivity index (χ0) is 18.8. The molecule has 0 amide bonds. The Balaban J connectivity index is 1.85. The van der Waals surface area contributed by atoms with E-state index >= 15 is 0 Å². The van der Waals surface area contributed by atoms with Gasteiger partial charge < -0.3 is 14.7 Å². The van der Waals surface area contributed by atoms with E-state index in [1.807, 2.05) is 35.2 Å². The Morgan fingerprint density at radius 1 is 1.00 bits per heavy atom. The fourth-order valence-electron chi connectivity index (χ4n) is 3.96. The molecule has 0 saturated heterocycles. The van der Waals surface area contributed by atoms with Crippen LogP contribution in [-0.4, -0.2) is 18.4 Å². The van der Waals surface area contributed by atoms with Gasteiger partial charge in [-0.3, -0.25) is 0 Å². The van der Waals surface area contributed by atoms with Gasteiger partial charge in [-0.25, -0.2) is 4.39 Å². The summed E-state index contributed by atoms with van der Waals surface area (Å²) in [5.41, 5.74) is 3.67. The number of phenols is 1. The number of hydrogen-bond acceptors (Lipinski definition) is 3. The van der Waals surface area contributed by atoms with Gasteiger partial charge in [0.15, 0.2) is 0 Å². The van der Waals surface area contributed by atoms with E-state index in [1.54, 1.807) is 31.4 Å². The average molecular weight is 363 g/mol. The number of ether oxygens (including phenoxy) is 1. The maximum Gasteiger partial charge on any atom is 0.146 e. The van der Waals surface area contributed by atoms with Crippen LogP contribution in [0.25, 0.3) is 0 Å². The Morgan fingerprint density at radius 2 is 1.70 bits per heavy atom. The molecule has 2 unspecified atom stereocenters. The summed E-state index contributed by atoms with van der Waals surface area (Å²) in [4.78, 5) is 2.00. The molecule has 138 valence electrons. The maximum absolute atomic E-state index is 14.7. The third-order valence-electron chi connectivity index (χ3n) is 5.26. The molecule has 1 aliphatic heterocycles. The van der Waals surface area contributed by atoms with E-state index in [0.29, 0.717) is 18.5 Å². The van der Waals surface area contributed by atoms with Crippen molar-refractivity contribution in [1.29, 1.82) is 0 Å². The van der Waals surface area contributed by atoms with Crippen molar-refractivity contribution in [2.75, 3.05) is 12.0 Å². The second-order valence-corrected chi connectivity index (χ2v) is 6.80. The van der Waals surface area contributed by atoms with Gasteiger partial charge in [0.2, 0.25) is 0 Å². The minimum absolute atomic E-state index is 0.148. The predicted molar refractivity (Wildman–Crippen MR) is 104 cm³/mol. The Labute approximate surface area is 158 Å². The van der Waals surface area contributed by atoms with E-state index in [4.69, 9.17) is 4.74 Å². The Hall–Kier alpha value is -2.85. The summed E-state index contributed by atoms with van der Waals surface area (Å²) in [6.45, 7) is 0. The van der Waals surface area contributed by atoms with Crippen LogP contribution in [0.15, 0.2) is 72.8 Å². The number of nitrogens with zero attached hydrogens (tertiary/aromatic N) is 1. The van der Waals surface area contributed by atoms with E-state index in [-0.39, 0.29) is 23.8 Å². The van der Waals surface area contributed by atoms with Crippen LogP contribution in [0, 0.1) is 5.82 Å². The molecular weight excluding hydrogens is 341 g/mol. The molecule has 0 radical (unpaired) electrons. The lowest BCUT2D eigenvalue weighted by molar-refractivity contribution is 0.0844. The molecule has 0 aromatic heterocycles. The van der Waals surface area contributed by atoms with E-state index in [9.17, 15) is 9.50 Å². The topological polar surface area (TPSA) is 32.7 Å². The van der Waals surface area contributed by atoms with E-state index < -0.39 is 0 Å². The number of aromatic hydroxyl groups is 1. The second-order valence-electron chi connectivity index (χ2n) is 6.80. The lowest BCUT2D eigenvalue weighted by Gasteiger charge is -2.44. The van der Waals surface area contributed by atoms with Crippen LogP contribution in [0.3, 0.4) is 0 Å². The normalized spacial score (nSPS) is 19.0. The first kappa shape index (κ1) is 17.6. The molecule has 3 nitrogen and oxygen atoms in total. The molecule has 0 aliphatic carbocycles. The van der Waals surface area contributed by atoms with Gasteiger partial charge in [0.1, 0.15) is 17.8 Å². The summed E-state index contributed by atoms with van der Waals surface area (Å²) in [6, 6.07) is 22.1. The lowest BCUT2D eigenvalue weighted by atomic mass is 9.87. The van der Waals surface area contributed by atoms with Crippen LogP contribution in [0.1, 0.15) is 22.7 Å². The molecule has 4 heteroatoms. The van der Waals surface area contributed by atoms with Crippen molar-refractivity contribution >= 4 is 5.69 Å². The summed E-state index contributed by atoms with van der Waals surface area (Å²) in [5.74, 6) is -0.0239. The lowest BCUT2D eigenvalue weighted by Crippen LogP contribution is -2.46. The van der Waals surface area contributed by atoms with Crippen LogP contribution >= 0.6 is 0 Å². The van der Waals surface area contributed by atoms with Crippen molar-refractivity contribution in [3.8, 4) is 5.75 Å². The van der Waals surface area contributed by atoms with E-state index in [2.05, 4.69) is 12.1 Å². The quantitative estimate of drug-likeness (QED) is 0.719. The number of phenolic OH excluding ortho intramolecular Hbond substituents is 1. The van der Waals surface area contributed by atoms with E-state index in [1.165, 1.54) is 11.6 Å². The van der Waals surface area contributed by atoms with Crippen LogP contribution in [-0.2, 0) is 17.6 Å². The summed E-state index contributed by atoms with van der Waals surface area (Å²) < 4.78 is 20.5. The third-order valence-corrected chi connectivity index (χ3v) is 5.26. The highest BCUT2D eigenvalue weighted by atomic mass is 19.1. The summed E-state index contributed by atoms with van der Waals surface area (Å²) in [6.07, 6.45) is 0.948. The average Bonchev–Trinajstić information content (AvgIpc) is 2.70. The predicted octanol–water partition coefficient (Wildman–Crippen LogP) is 4.85. The molecule has 0 saturated carbocycles. The van der Waals surface area contributed by atoms with Crippen LogP contribution in [0.5, 0.6) is 5.75 Å². The largest absolute Gasteiger partial charge is 0.508 e. The standard InChI is InChI=1S/C23H22FNO2/c1-27-23-15-16-8-2-4-10-18(16)21(14-17-9-3-7-13-22(17)26)25(23)20-12-6-5-11-19(20)24/h2-13,21,23,26H,14-15H2,1H3. The fraction of sp³-hybridized carbons (Fsp3) is 0.217. The number of methoxy groups -OCH3 is 1. The molecule has 1 N–H and O–H groups in total. The van der Waals surface area contributed by atoms with Crippen LogP contribution in [0.4, 0.5) is 10.1 Å². The Kier molecular flexibility index (Phi) is 4.82. The minimum atomic E-state index is -0.285. The van der Waals surface area contributed by atoms with Gasteiger partial charge in [0, 0.05) is 20.0 Å². The highest BCUT2D eigenvalue weighted by Gasteiger charge is 2.36. The number of rotatable bonds is 4. The molecule has 0 bridgehead atoms. The van der Waals surface area contributed by atoms with Crippen molar-refractivity contribution in [3.63, 3.8) is 0 Å². The fourth-order valence-corrected chi connectivity index (χ4v) is 3.96. The van der Waals surface area contributed by atoms with Crippen molar-refractivity contribution in [2.24, 2.45) is 0 Å². The zero-order valence-electron chi connectivity index (χ0n) is 15.2. The number of benzene rings is 3.